The Labute approximate surface area is 232 Å². The number of nitrogens with zero attached hydrogens (tertiary/aromatic N) is 4. The molecule has 1 aromatic carbocycles. The van der Waals surface area contributed by atoms with Gasteiger partial charge in [-0.05, 0) is 37.4 Å². The summed E-state index contributed by atoms with van der Waals surface area (Å²) in [5.41, 5.74) is 8.47. The second-order valence-corrected chi connectivity index (χ2v) is 10.6. The molecule has 39 heavy (non-hydrogen) atoms. The molecule has 3 aliphatic rings. The van der Waals surface area contributed by atoms with Crippen LogP contribution in [0.25, 0.3) is 5.70 Å². The topological polar surface area (TPSA) is 108 Å². The van der Waals surface area contributed by atoms with Gasteiger partial charge in [-0.3, -0.25) is 15.6 Å². The molecule has 10 nitrogen and oxygen atoms in total. The van der Waals surface area contributed by atoms with Crippen LogP contribution in [0, 0.1) is 11.7 Å². The molecule has 0 atom stereocenters. The molecule has 1 aromatic heterocycles. The molecule has 2 fully saturated rings. The van der Waals surface area contributed by atoms with E-state index in [4.69, 9.17) is 11.6 Å². The minimum absolute atomic E-state index is 0.0868. The van der Waals surface area contributed by atoms with Crippen molar-refractivity contribution in [1.82, 2.24) is 30.5 Å². The number of aromatic nitrogens is 1. The van der Waals surface area contributed by atoms with Crippen molar-refractivity contribution in [2.45, 2.75) is 6.42 Å². The molecule has 3 aliphatic heterocycles. The average molecular weight is 557 g/mol. The molecule has 208 valence electrons. The van der Waals surface area contributed by atoms with Crippen molar-refractivity contribution in [1.29, 1.82) is 0 Å². The number of piperazine rings is 1. The number of aliphatic hydroxyl groups is 1. The number of likely N-dealkylation sites (tertiary alicyclic amines) is 1. The molecule has 0 radical (unpaired) electrons. The normalized spacial score (nSPS) is 18.7. The van der Waals surface area contributed by atoms with Gasteiger partial charge in [0.1, 0.15) is 17.5 Å². The summed E-state index contributed by atoms with van der Waals surface area (Å²) in [4.78, 5) is 23.6. The molecule has 0 aliphatic carbocycles. The van der Waals surface area contributed by atoms with Crippen LogP contribution in [-0.4, -0.2) is 90.2 Å². The van der Waals surface area contributed by atoms with E-state index in [1.54, 1.807) is 24.4 Å². The number of nitrogens with one attached hydrogen (secondary N) is 4. The lowest BCUT2D eigenvalue weighted by molar-refractivity contribution is -0.116. The summed E-state index contributed by atoms with van der Waals surface area (Å²) in [6.45, 7) is 6.16. The van der Waals surface area contributed by atoms with Gasteiger partial charge in [-0.2, -0.15) is 0 Å². The molecule has 0 unspecified atom stereocenters. The first-order chi connectivity index (χ1) is 18.9. The number of anilines is 2. The van der Waals surface area contributed by atoms with Gasteiger partial charge in [0, 0.05) is 93.3 Å². The van der Waals surface area contributed by atoms with E-state index in [-0.39, 0.29) is 18.4 Å². The van der Waals surface area contributed by atoms with E-state index < -0.39 is 5.82 Å². The zero-order chi connectivity index (χ0) is 27.4. The van der Waals surface area contributed by atoms with Crippen molar-refractivity contribution < 1.29 is 14.3 Å². The Morgan fingerprint density at radius 2 is 1.97 bits per heavy atom. The Bertz CT molecular complexity index is 1260. The fraction of sp³-hybridized carbons (Fsp3) is 0.407. The van der Waals surface area contributed by atoms with Gasteiger partial charge < -0.3 is 30.4 Å². The van der Waals surface area contributed by atoms with Crippen molar-refractivity contribution in [2.75, 3.05) is 70.1 Å². The van der Waals surface area contributed by atoms with E-state index in [1.165, 1.54) is 12.1 Å². The first kappa shape index (κ1) is 27.2. The van der Waals surface area contributed by atoms with Crippen molar-refractivity contribution in [3.63, 3.8) is 0 Å². The van der Waals surface area contributed by atoms with E-state index in [0.717, 1.165) is 32.0 Å². The molecule has 5 N–H and O–H groups in total. The number of carbonyl (C=O) groups excluding carboxylic acids is 1. The van der Waals surface area contributed by atoms with Crippen LogP contribution in [0.4, 0.5) is 15.9 Å². The number of amides is 1. The highest BCUT2D eigenvalue weighted by molar-refractivity contribution is 6.30. The van der Waals surface area contributed by atoms with Gasteiger partial charge >= 0.3 is 0 Å². The third kappa shape index (κ3) is 6.80. The van der Waals surface area contributed by atoms with Crippen LogP contribution in [-0.2, 0) is 4.79 Å². The number of aliphatic hydroxyl groups excluding tert-OH is 1. The lowest BCUT2D eigenvalue weighted by Gasteiger charge is -2.43. The maximum Gasteiger partial charge on any atom is 0.226 e. The summed E-state index contributed by atoms with van der Waals surface area (Å²) < 4.78 is 14.6. The Hall–Kier alpha value is -3.38. The van der Waals surface area contributed by atoms with Gasteiger partial charge in [-0.1, -0.05) is 11.6 Å². The molecule has 4 heterocycles. The standard InChI is InChI=1S/C27H34ClFN8O2/c1-35-8-10-36(11-9-35)7-5-26(39)32-25-13-20(4-6-30-25)31-24-14-23(21-12-19(28)2-3-22(21)29)33-34-27(24)37-15-18(16-37)17-38/h2-4,6,12-14,18,33-34,38H,5,7-11,15-17H2,1H3,(H2,30,31,32,39). The molecule has 5 rings (SSSR count). The summed E-state index contributed by atoms with van der Waals surface area (Å²) in [7, 11) is 2.11. The number of benzene rings is 1. The lowest BCUT2D eigenvalue weighted by Crippen LogP contribution is -2.53. The zero-order valence-corrected chi connectivity index (χ0v) is 22.6. The second-order valence-electron chi connectivity index (χ2n) is 10.1. The second kappa shape index (κ2) is 12.2. The first-order valence-corrected chi connectivity index (χ1v) is 13.5. The number of hydrogen-bond acceptors (Lipinski definition) is 9. The fourth-order valence-electron chi connectivity index (χ4n) is 4.77. The monoisotopic (exact) mass is 556 g/mol. The van der Waals surface area contributed by atoms with Gasteiger partial charge in [-0.15, -0.1) is 0 Å². The molecular formula is C27H34ClFN8O2. The molecule has 2 saturated heterocycles. The summed E-state index contributed by atoms with van der Waals surface area (Å²) in [5, 5.41) is 16.2. The predicted octanol–water partition coefficient (Wildman–Crippen LogP) is 2.10. The maximum absolute atomic E-state index is 14.6. The van der Waals surface area contributed by atoms with Gasteiger partial charge in [-0.25, -0.2) is 9.37 Å². The quantitative estimate of drug-likeness (QED) is 0.317. The van der Waals surface area contributed by atoms with E-state index in [1.807, 2.05) is 6.08 Å². The largest absolute Gasteiger partial charge is 0.396 e. The summed E-state index contributed by atoms with van der Waals surface area (Å²) in [6, 6.07) is 7.96. The number of likely N-dealkylation sites (N-methyl/N-ethyl adjacent to an activating group) is 1. The van der Waals surface area contributed by atoms with Gasteiger partial charge in [0.15, 0.2) is 0 Å². The third-order valence-electron chi connectivity index (χ3n) is 7.17. The van der Waals surface area contributed by atoms with Gasteiger partial charge in [0.2, 0.25) is 5.91 Å². The van der Waals surface area contributed by atoms with E-state index in [9.17, 15) is 14.3 Å². The summed E-state index contributed by atoms with van der Waals surface area (Å²) in [5.74, 6) is 0.918. The Morgan fingerprint density at radius 3 is 2.74 bits per heavy atom. The van der Waals surface area contributed by atoms with Gasteiger partial charge in [0.25, 0.3) is 0 Å². The van der Waals surface area contributed by atoms with Crippen LogP contribution in [0.2, 0.25) is 5.02 Å². The van der Waals surface area contributed by atoms with E-state index >= 15 is 0 Å². The smallest absolute Gasteiger partial charge is 0.226 e. The zero-order valence-electron chi connectivity index (χ0n) is 21.9. The number of carbonyl (C=O) groups is 1. The van der Waals surface area contributed by atoms with Crippen LogP contribution in [0.1, 0.15) is 12.0 Å². The number of pyridine rings is 1. The summed E-state index contributed by atoms with van der Waals surface area (Å²) >= 11 is 6.13. The number of hydrazine groups is 1. The number of rotatable bonds is 9. The first-order valence-electron chi connectivity index (χ1n) is 13.1. The minimum atomic E-state index is -0.405. The molecule has 0 spiro atoms. The minimum Gasteiger partial charge on any atom is -0.396 e. The molecule has 1 amide bonds. The highest BCUT2D eigenvalue weighted by atomic mass is 35.5. The van der Waals surface area contributed by atoms with Crippen LogP contribution >= 0.6 is 11.6 Å². The maximum atomic E-state index is 14.6. The summed E-state index contributed by atoms with van der Waals surface area (Å²) in [6.07, 6.45) is 3.83. The van der Waals surface area contributed by atoms with Crippen molar-refractivity contribution in [3.05, 3.63) is 70.5 Å². The van der Waals surface area contributed by atoms with Crippen LogP contribution in [0.3, 0.4) is 0 Å². The van der Waals surface area contributed by atoms with Crippen molar-refractivity contribution in [2.24, 2.45) is 5.92 Å². The van der Waals surface area contributed by atoms with Crippen LogP contribution < -0.4 is 21.5 Å². The lowest BCUT2D eigenvalue weighted by atomic mass is 10.0. The Balaban J connectivity index is 1.30. The van der Waals surface area contributed by atoms with Crippen LogP contribution in [0.5, 0.6) is 0 Å². The van der Waals surface area contributed by atoms with Gasteiger partial charge in [0.05, 0.1) is 11.4 Å². The van der Waals surface area contributed by atoms with E-state index in [2.05, 4.69) is 48.2 Å². The molecule has 2 aromatic rings. The SMILES string of the molecule is CN1CCN(CCC(=O)Nc2cc(NC3=C(N4CC(CO)C4)NNC(c4cc(Cl)ccc4F)=C3)ccn2)CC1. The third-order valence-corrected chi connectivity index (χ3v) is 7.40. The average Bonchev–Trinajstić information content (AvgIpc) is 2.90. The molecule has 12 heteroatoms. The molecule has 0 saturated carbocycles. The number of halogens is 2. The van der Waals surface area contributed by atoms with E-state index in [0.29, 0.717) is 59.5 Å². The molecular weight excluding hydrogens is 523 g/mol. The fourth-order valence-corrected chi connectivity index (χ4v) is 4.94. The van der Waals surface area contributed by atoms with Crippen LogP contribution in [0.15, 0.2) is 54.1 Å². The molecule has 0 bridgehead atoms. The highest BCUT2D eigenvalue weighted by Gasteiger charge is 2.31. The Kier molecular flexibility index (Phi) is 8.51. The highest BCUT2D eigenvalue weighted by Crippen LogP contribution is 2.29. The Morgan fingerprint density at radius 1 is 1.18 bits per heavy atom. The predicted molar refractivity (Wildman–Crippen MR) is 150 cm³/mol. The number of allylic oxidation sites excluding steroid dienone is 1. The van der Waals surface area contributed by atoms with Crippen molar-refractivity contribution >= 4 is 34.7 Å². The number of hydrogen-bond donors (Lipinski definition) is 5. The van der Waals surface area contributed by atoms with Crippen molar-refractivity contribution in [3.8, 4) is 0 Å².